The van der Waals surface area contributed by atoms with Gasteiger partial charge in [0.1, 0.15) is 6.07 Å². The molecule has 1 heterocycles. The molecule has 7 nitrogen and oxygen atoms in total. The standard InChI is InChI=1S/C16H17N3O4S/c1-11-9-15(16(20)23-8-7-17)12(2)19(11)10-13-3-5-14(6-4-13)24(18,21)22/h3-6,9H,8,10H2,1-2H3,(H2,18,21,22). The average Bonchev–Trinajstić information content (AvgIpc) is 2.80. The Hall–Kier alpha value is -2.63. The Bertz CT molecular complexity index is 906. The highest BCUT2D eigenvalue weighted by Crippen LogP contribution is 2.19. The number of nitrogens with two attached hydrogens (primary N) is 1. The second kappa shape index (κ2) is 6.86. The van der Waals surface area contributed by atoms with Gasteiger partial charge in [-0.2, -0.15) is 5.26 Å². The van der Waals surface area contributed by atoms with Crippen LogP contribution in [0.5, 0.6) is 0 Å². The van der Waals surface area contributed by atoms with Gasteiger partial charge in [-0.1, -0.05) is 12.1 Å². The number of carbonyl (C=O) groups is 1. The molecule has 2 rings (SSSR count). The maximum atomic E-state index is 11.9. The average molecular weight is 347 g/mol. The number of hydrogen-bond donors (Lipinski definition) is 1. The van der Waals surface area contributed by atoms with E-state index in [9.17, 15) is 13.2 Å². The lowest BCUT2D eigenvalue weighted by atomic mass is 10.2. The van der Waals surface area contributed by atoms with Crippen LogP contribution in [-0.2, 0) is 21.3 Å². The Kier molecular flexibility index (Phi) is 5.07. The molecule has 1 aromatic carbocycles. The van der Waals surface area contributed by atoms with Gasteiger partial charge in [0.2, 0.25) is 10.0 Å². The number of benzene rings is 1. The van der Waals surface area contributed by atoms with Crippen LogP contribution in [0.1, 0.15) is 27.3 Å². The van der Waals surface area contributed by atoms with Crippen LogP contribution >= 0.6 is 0 Å². The van der Waals surface area contributed by atoms with E-state index in [0.29, 0.717) is 17.8 Å². The van der Waals surface area contributed by atoms with E-state index in [-0.39, 0.29) is 11.5 Å². The number of carbonyl (C=O) groups excluding carboxylic acids is 1. The number of aryl methyl sites for hydroxylation is 1. The Labute approximate surface area is 140 Å². The van der Waals surface area contributed by atoms with Gasteiger partial charge in [-0.15, -0.1) is 0 Å². The van der Waals surface area contributed by atoms with Gasteiger partial charge in [0.05, 0.1) is 10.5 Å². The predicted octanol–water partition coefficient (Wildman–Crippen LogP) is 1.48. The van der Waals surface area contributed by atoms with Crippen molar-refractivity contribution in [3.8, 4) is 6.07 Å². The van der Waals surface area contributed by atoms with Crippen LogP contribution in [0.2, 0.25) is 0 Å². The van der Waals surface area contributed by atoms with Gasteiger partial charge in [-0.3, -0.25) is 0 Å². The maximum absolute atomic E-state index is 11.9. The first kappa shape index (κ1) is 17.7. The van der Waals surface area contributed by atoms with E-state index in [1.54, 1.807) is 31.2 Å². The van der Waals surface area contributed by atoms with E-state index in [1.165, 1.54) is 12.1 Å². The van der Waals surface area contributed by atoms with Crippen LogP contribution in [0.3, 0.4) is 0 Å². The number of nitrogens with zero attached hydrogens (tertiary/aromatic N) is 2. The Morgan fingerprint density at radius 1 is 1.29 bits per heavy atom. The van der Waals surface area contributed by atoms with Crippen molar-refractivity contribution in [2.75, 3.05) is 6.61 Å². The molecule has 0 amide bonds. The van der Waals surface area contributed by atoms with Gasteiger partial charge < -0.3 is 9.30 Å². The molecule has 24 heavy (non-hydrogen) atoms. The fraction of sp³-hybridized carbons (Fsp3) is 0.250. The second-order valence-electron chi connectivity index (χ2n) is 5.29. The summed E-state index contributed by atoms with van der Waals surface area (Å²) in [4.78, 5) is 12.0. The minimum Gasteiger partial charge on any atom is -0.447 e. The molecule has 0 aliphatic heterocycles. The lowest BCUT2D eigenvalue weighted by Crippen LogP contribution is -2.12. The molecule has 1 aromatic heterocycles. The summed E-state index contributed by atoms with van der Waals surface area (Å²) in [6.07, 6.45) is 0. The maximum Gasteiger partial charge on any atom is 0.341 e. The molecule has 0 spiro atoms. The monoisotopic (exact) mass is 347 g/mol. The molecule has 0 radical (unpaired) electrons. The molecule has 0 bridgehead atoms. The predicted molar refractivity (Wildman–Crippen MR) is 86.7 cm³/mol. The fourth-order valence-electron chi connectivity index (χ4n) is 2.39. The molecule has 126 valence electrons. The van der Waals surface area contributed by atoms with Crippen molar-refractivity contribution in [3.05, 3.63) is 52.8 Å². The van der Waals surface area contributed by atoms with Crippen LogP contribution < -0.4 is 5.14 Å². The van der Waals surface area contributed by atoms with Crippen LogP contribution in [-0.4, -0.2) is 25.6 Å². The summed E-state index contributed by atoms with van der Waals surface area (Å²) in [7, 11) is -3.72. The zero-order chi connectivity index (χ0) is 17.9. The highest BCUT2D eigenvalue weighted by Gasteiger charge is 2.17. The van der Waals surface area contributed by atoms with Crippen molar-refractivity contribution in [2.45, 2.75) is 25.3 Å². The molecular formula is C16H17N3O4S. The van der Waals surface area contributed by atoms with Gasteiger partial charge in [-0.05, 0) is 37.6 Å². The number of hydrogen-bond acceptors (Lipinski definition) is 5. The van der Waals surface area contributed by atoms with Crippen molar-refractivity contribution in [3.63, 3.8) is 0 Å². The number of ether oxygens (including phenoxy) is 1. The zero-order valence-electron chi connectivity index (χ0n) is 13.3. The number of aromatic nitrogens is 1. The summed E-state index contributed by atoms with van der Waals surface area (Å²) < 4.78 is 29.3. The molecule has 0 atom stereocenters. The lowest BCUT2D eigenvalue weighted by Gasteiger charge is -2.10. The molecule has 0 fully saturated rings. The smallest absolute Gasteiger partial charge is 0.341 e. The molecule has 2 N–H and O–H groups in total. The second-order valence-corrected chi connectivity index (χ2v) is 6.86. The van der Waals surface area contributed by atoms with Crippen LogP contribution in [0, 0.1) is 25.2 Å². The number of rotatable bonds is 5. The van der Waals surface area contributed by atoms with Gasteiger partial charge in [0.15, 0.2) is 6.61 Å². The van der Waals surface area contributed by atoms with Crippen molar-refractivity contribution >= 4 is 16.0 Å². The molecule has 0 saturated carbocycles. The third kappa shape index (κ3) is 3.82. The first-order chi connectivity index (χ1) is 11.2. The summed E-state index contributed by atoms with van der Waals surface area (Å²) >= 11 is 0. The fourth-order valence-corrected chi connectivity index (χ4v) is 2.91. The van der Waals surface area contributed by atoms with Crippen LogP contribution in [0.15, 0.2) is 35.2 Å². The van der Waals surface area contributed by atoms with Crippen molar-refractivity contribution in [1.82, 2.24) is 4.57 Å². The third-order valence-electron chi connectivity index (χ3n) is 3.65. The molecule has 0 aliphatic rings. The number of sulfonamides is 1. The number of primary sulfonamides is 1. The molecule has 0 aliphatic carbocycles. The quantitative estimate of drug-likeness (QED) is 0.823. The van der Waals surface area contributed by atoms with E-state index >= 15 is 0 Å². The van der Waals surface area contributed by atoms with Crippen molar-refractivity contribution in [2.24, 2.45) is 5.14 Å². The zero-order valence-corrected chi connectivity index (χ0v) is 14.1. The minimum atomic E-state index is -3.72. The molecule has 0 unspecified atom stereocenters. The van der Waals surface area contributed by atoms with E-state index in [2.05, 4.69) is 0 Å². The summed E-state index contributed by atoms with van der Waals surface area (Å²) in [6, 6.07) is 9.70. The van der Waals surface area contributed by atoms with Gasteiger partial charge in [0.25, 0.3) is 0 Å². The van der Waals surface area contributed by atoms with Crippen LogP contribution in [0.25, 0.3) is 0 Å². The normalized spacial score (nSPS) is 11.1. The van der Waals surface area contributed by atoms with Crippen LogP contribution in [0.4, 0.5) is 0 Å². The van der Waals surface area contributed by atoms with Gasteiger partial charge in [0, 0.05) is 17.9 Å². The summed E-state index contributed by atoms with van der Waals surface area (Å²) in [5.74, 6) is -0.541. The largest absolute Gasteiger partial charge is 0.447 e. The van der Waals surface area contributed by atoms with Crippen molar-refractivity contribution < 1.29 is 17.9 Å². The summed E-state index contributed by atoms with van der Waals surface area (Å²) in [5.41, 5.74) is 2.84. The van der Waals surface area contributed by atoms with Crippen molar-refractivity contribution in [1.29, 1.82) is 5.26 Å². The third-order valence-corrected chi connectivity index (χ3v) is 4.58. The lowest BCUT2D eigenvalue weighted by molar-refractivity contribution is 0.0554. The van der Waals surface area contributed by atoms with E-state index in [0.717, 1.165) is 11.3 Å². The number of nitriles is 1. The minimum absolute atomic E-state index is 0.0490. The van der Waals surface area contributed by atoms with E-state index in [4.69, 9.17) is 15.1 Å². The Morgan fingerprint density at radius 3 is 2.46 bits per heavy atom. The summed E-state index contributed by atoms with van der Waals surface area (Å²) in [6.45, 7) is 3.81. The highest BCUT2D eigenvalue weighted by atomic mass is 32.2. The SMILES string of the molecule is Cc1cc(C(=O)OCC#N)c(C)n1Cc1ccc(S(N)(=O)=O)cc1. The van der Waals surface area contributed by atoms with Gasteiger partial charge >= 0.3 is 5.97 Å². The van der Waals surface area contributed by atoms with Gasteiger partial charge in [-0.25, -0.2) is 18.4 Å². The molecule has 8 heteroatoms. The number of esters is 1. The Morgan fingerprint density at radius 2 is 1.92 bits per heavy atom. The van der Waals surface area contributed by atoms with E-state index in [1.807, 2.05) is 11.5 Å². The first-order valence-electron chi connectivity index (χ1n) is 7.06. The topological polar surface area (TPSA) is 115 Å². The molecule has 2 aromatic rings. The van der Waals surface area contributed by atoms with E-state index < -0.39 is 16.0 Å². The molecule has 0 saturated heterocycles. The highest BCUT2D eigenvalue weighted by molar-refractivity contribution is 7.89. The summed E-state index contributed by atoms with van der Waals surface area (Å²) in [5, 5.41) is 13.6. The first-order valence-corrected chi connectivity index (χ1v) is 8.61. The Balaban J connectivity index is 2.26. The molecular weight excluding hydrogens is 330 g/mol.